The second kappa shape index (κ2) is 5.84. The molecule has 0 spiro atoms. The summed E-state index contributed by atoms with van der Waals surface area (Å²) < 4.78 is 3.37. The largest absolute Gasteiger partial charge is 0.383 e. The van der Waals surface area contributed by atoms with E-state index in [1.165, 1.54) is 30.7 Å². The fraction of sp³-hybridized carbons (Fsp3) is 0.471. The molecular weight excluding hydrogens is 326 g/mol. The Morgan fingerprint density at radius 2 is 2.14 bits per heavy atom. The van der Waals surface area contributed by atoms with Gasteiger partial charge in [-0.1, -0.05) is 35.3 Å². The highest BCUT2D eigenvalue weighted by molar-refractivity contribution is 9.10. The monoisotopic (exact) mass is 347 g/mol. The van der Waals surface area contributed by atoms with E-state index in [4.69, 9.17) is 10.7 Å². The van der Waals surface area contributed by atoms with E-state index in [1.54, 1.807) is 0 Å². The third kappa shape index (κ3) is 2.86. The lowest BCUT2D eigenvalue weighted by atomic mass is 10.1. The Morgan fingerprint density at radius 3 is 2.76 bits per heavy atom. The van der Waals surface area contributed by atoms with E-state index in [0.29, 0.717) is 5.92 Å². The molecular formula is C17H22BrN3. The number of nitrogen functional groups attached to an aromatic ring is 1. The summed E-state index contributed by atoms with van der Waals surface area (Å²) in [5.74, 6) is 2.64. The standard InChI is InChI=1S/C17H22BrN3/c1-3-4-9-21-16(19)15(20-17(21)12-5-6-12)13-7-8-14(18)11(2)10-13/h7-8,10,12H,3-6,9,19H2,1-2H3. The molecule has 2 aromatic rings. The first-order valence-corrected chi connectivity index (χ1v) is 8.53. The lowest BCUT2D eigenvalue weighted by Gasteiger charge is -2.08. The van der Waals surface area contributed by atoms with Crippen molar-refractivity contribution >= 4 is 21.7 Å². The molecule has 4 heteroatoms. The zero-order valence-corrected chi connectivity index (χ0v) is 14.3. The Kier molecular flexibility index (Phi) is 4.07. The molecule has 0 aliphatic heterocycles. The number of anilines is 1. The van der Waals surface area contributed by atoms with E-state index in [1.807, 2.05) is 0 Å². The van der Waals surface area contributed by atoms with Gasteiger partial charge in [-0.2, -0.15) is 0 Å². The predicted octanol–water partition coefficient (Wildman–Crippen LogP) is 4.88. The molecule has 0 unspecified atom stereocenters. The number of aromatic nitrogens is 2. The number of aryl methyl sites for hydroxylation is 1. The Hall–Kier alpha value is -1.29. The molecule has 1 aromatic carbocycles. The minimum absolute atomic E-state index is 0.620. The molecule has 3 nitrogen and oxygen atoms in total. The van der Waals surface area contributed by atoms with Gasteiger partial charge in [0.15, 0.2) is 0 Å². The van der Waals surface area contributed by atoms with Gasteiger partial charge in [-0.05, 0) is 43.9 Å². The van der Waals surface area contributed by atoms with Gasteiger partial charge in [-0.3, -0.25) is 0 Å². The molecule has 0 amide bonds. The number of imidazole rings is 1. The van der Waals surface area contributed by atoms with E-state index in [9.17, 15) is 0 Å². The van der Waals surface area contributed by atoms with Gasteiger partial charge in [0, 0.05) is 22.5 Å². The van der Waals surface area contributed by atoms with Crippen LogP contribution in [0.3, 0.4) is 0 Å². The summed E-state index contributed by atoms with van der Waals surface area (Å²) in [7, 11) is 0. The normalized spacial score (nSPS) is 14.6. The van der Waals surface area contributed by atoms with E-state index in [0.717, 1.165) is 34.5 Å². The van der Waals surface area contributed by atoms with Gasteiger partial charge < -0.3 is 10.3 Å². The number of rotatable bonds is 5. The van der Waals surface area contributed by atoms with Crippen molar-refractivity contribution in [3.05, 3.63) is 34.1 Å². The Labute approximate surface area is 134 Å². The van der Waals surface area contributed by atoms with Gasteiger partial charge in [-0.15, -0.1) is 0 Å². The smallest absolute Gasteiger partial charge is 0.131 e. The third-order valence-corrected chi connectivity index (χ3v) is 5.04. The fourth-order valence-electron chi connectivity index (χ4n) is 2.69. The highest BCUT2D eigenvalue weighted by atomic mass is 79.9. The summed E-state index contributed by atoms with van der Waals surface area (Å²) in [6.45, 7) is 5.29. The molecule has 1 aromatic heterocycles. The zero-order chi connectivity index (χ0) is 15.0. The molecule has 21 heavy (non-hydrogen) atoms. The summed E-state index contributed by atoms with van der Waals surface area (Å²) in [6, 6.07) is 6.33. The van der Waals surface area contributed by atoms with Gasteiger partial charge >= 0.3 is 0 Å². The molecule has 0 radical (unpaired) electrons. The summed E-state index contributed by atoms with van der Waals surface area (Å²) in [5, 5.41) is 0. The van der Waals surface area contributed by atoms with Crippen LogP contribution in [0.1, 0.15) is 49.9 Å². The molecule has 1 aliphatic carbocycles. The summed E-state index contributed by atoms with van der Waals surface area (Å²) in [6.07, 6.45) is 4.83. The van der Waals surface area contributed by atoms with Crippen molar-refractivity contribution in [2.24, 2.45) is 0 Å². The van der Waals surface area contributed by atoms with E-state index >= 15 is 0 Å². The van der Waals surface area contributed by atoms with Gasteiger partial charge in [-0.25, -0.2) is 4.98 Å². The summed E-state index contributed by atoms with van der Waals surface area (Å²) in [5.41, 5.74) is 9.69. The van der Waals surface area contributed by atoms with Crippen molar-refractivity contribution in [1.82, 2.24) is 9.55 Å². The topological polar surface area (TPSA) is 43.8 Å². The molecule has 1 aliphatic rings. The number of hydrogen-bond donors (Lipinski definition) is 1. The lowest BCUT2D eigenvalue weighted by molar-refractivity contribution is 0.609. The van der Waals surface area contributed by atoms with Crippen LogP contribution in [0.2, 0.25) is 0 Å². The van der Waals surface area contributed by atoms with Crippen LogP contribution in [0.5, 0.6) is 0 Å². The molecule has 1 heterocycles. The average molecular weight is 348 g/mol. The van der Waals surface area contributed by atoms with Crippen LogP contribution in [0.4, 0.5) is 5.82 Å². The minimum atomic E-state index is 0.620. The van der Waals surface area contributed by atoms with Crippen molar-refractivity contribution in [1.29, 1.82) is 0 Å². The number of hydrogen-bond acceptors (Lipinski definition) is 2. The van der Waals surface area contributed by atoms with Crippen LogP contribution in [-0.2, 0) is 6.54 Å². The first kappa shape index (κ1) is 14.6. The second-order valence-corrected chi connectivity index (χ2v) is 6.80. The Morgan fingerprint density at radius 1 is 1.38 bits per heavy atom. The van der Waals surface area contributed by atoms with E-state index < -0.39 is 0 Å². The third-order valence-electron chi connectivity index (χ3n) is 4.15. The van der Waals surface area contributed by atoms with Gasteiger partial charge in [0.05, 0.1) is 0 Å². The maximum absolute atomic E-state index is 6.42. The molecule has 112 valence electrons. The highest BCUT2D eigenvalue weighted by Gasteiger charge is 2.30. The maximum atomic E-state index is 6.42. The first-order valence-electron chi connectivity index (χ1n) is 7.74. The van der Waals surface area contributed by atoms with Crippen molar-refractivity contribution in [3.63, 3.8) is 0 Å². The lowest BCUT2D eigenvalue weighted by Crippen LogP contribution is -2.06. The quantitative estimate of drug-likeness (QED) is 0.837. The van der Waals surface area contributed by atoms with E-state index in [-0.39, 0.29) is 0 Å². The fourth-order valence-corrected chi connectivity index (χ4v) is 2.94. The van der Waals surface area contributed by atoms with Crippen molar-refractivity contribution < 1.29 is 0 Å². The molecule has 3 rings (SSSR count). The highest BCUT2D eigenvalue weighted by Crippen LogP contribution is 2.42. The Bertz CT molecular complexity index is 656. The van der Waals surface area contributed by atoms with Gasteiger partial charge in [0.2, 0.25) is 0 Å². The molecule has 2 N–H and O–H groups in total. The number of benzene rings is 1. The van der Waals surface area contributed by atoms with Crippen LogP contribution < -0.4 is 5.73 Å². The maximum Gasteiger partial charge on any atom is 0.131 e. The molecule has 0 bridgehead atoms. The number of halogens is 1. The molecule has 1 fully saturated rings. The second-order valence-electron chi connectivity index (χ2n) is 5.95. The summed E-state index contributed by atoms with van der Waals surface area (Å²) in [4.78, 5) is 4.89. The van der Waals surface area contributed by atoms with Crippen LogP contribution >= 0.6 is 15.9 Å². The minimum Gasteiger partial charge on any atom is -0.383 e. The number of unbranched alkanes of at least 4 members (excludes halogenated alkanes) is 1. The molecule has 0 saturated heterocycles. The zero-order valence-electron chi connectivity index (χ0n) is 12.7. The first-order chi connectivity index (χ1) is 10.1. The Balaban J connectivity index is 2.03. The van der Waals surface area contributed by atoms with Gasteiger partial charge in [0.25, 0.3) is 0 Å². The molecule has 1 saturated carbocycles. The van der Waals surface area contributed by atoms with Crippen LogP contribution in [0.15, 0.2) is 22.7 Å². The summed E-state index contributed by atoms with van der Waals surface area (Å²) >= 11 is 3.55. The van der Waals surface area contributed by atoms with Gasteiger partial charge in [0.1, 0.15) is 17.3 Å². The predicted molar refractivity (Wildman–Crippen MR) is 91.4 cm³/mol. The van der Waals surface area contributed by atoms with Crippen molar-refractivity contribution in [2.75, 3.05) is 5.73 Å². The average Bonchev–Trinajstić information content (AvgIpc) is 3.25. The van der Waals surface area contributed by atoms with E-state index in [2.05, 4.69) is 52.5 Å². The number of nitrogens with two attached hydrogens (primary N) is 1. The SMILES string of the molecule is CCCCn1c(C2CC2)nc(-c2ccc(Br)c(C)c2)c1N. The van der Waals surface area contributed by atoms with Crippen LogP contribution in [0, 0.1) is 6.92 Å². The van der Waals surface area contributed by atoms with Crippen LogP contribution in [0.25, 0.3) is 11.3 Å². The van der Waals surface area contributed by atoms with Crippen LogP contribution in [-0.4, -0.2) is 9.55 Å². The molecule has 0 atom stereocenters. The van der Waals surface area contributed by atoms with Crippen molar-refractivity contribution in [3.8, 4) is 11.3 Å². The van der Waals surface area contributed by atoms with Crippen molar-refractivity contribution in [2.45, 2.75) is 52.0 Å². The number of nitrogens with zero attached hydrogens (tertiary/aromatic N) is 2.